The van der Waals surface area contributed by atoms with Crippen LogP contribution in [0.2, 0.25) is 0 Å². The van der Waals surface area contributed by atoms with Gasteiger partial charge in [0, 0.05) is 26.6 Å². The molecule has 0 amide bonds. The Morgan fingerprint density at radius 3 is 2.48 bits per heavy atom. The fourth-order valence-corrected chi connectivity index (χ4v) is 2.86. The largest absolute Gasteiger partial charge is 0.356 e. The van der Waals surface area contributed by atoms with Crippen molar-refractivity contribution in [2.75, 3.05) is 20.6 Å². The van der Waals surface area contributed by atoms with Crippen LogP contribution in [0.3, 0.4) is 0 Å². The summed E-state index contributed by atoms with van der Waals surface area (Å²) < 4.78 is 0. The van der Waals surface area contributed by atoms with E-state index >= 15 is 0 Å². The molecule has 1 N–H and O–H groups in total. The van der Waals surface area contributed by atoms with Crippen LogP contribution < -0.4 is 5.32 Å². The van der Waals surface area contributed by atoms with Crippen molar-refractivity contribution in [1.82, 2.24) is 10.2 Å². The second kappa shape index (κ2) is 8.34. The molecule has 0 saturated heterocycles. The lowest BCUT2D eigenvalue weighted by Crippen LogP contribution is -2.40. The summed E-state index contributed by atoms with van der Waals surface area (Å²) in [5, 5.41) is 3.51. The Bertz CT molecular complexity index is 653. The molecule has 3 nitrogen and oxygen atoms in total. The van der Waals surface area contributed by atoms with Crippen molar-refractivity contribution in [3.63, 3.8) is 0 Å². The first kappa shape index (κ1) is 17.8. The van der Waals surface area contributed by atoms with Crippen molar-refractivity contribution in [2.24, 2.45) is 4.99 Å². The van der Waals surface area contributed by atoms with E-state index in [1.165, 1.54) is 23.1 Å². The zero-order chi connectivity index (χ0) is 15.4. The number of benzene rings is 2. The monoisotopic (exact) mass is 421 g/mol. The topological polar surface area (TPSA) is 27.6 Å². The maximum Gasteiger partial charge on any atom is 0.193 e. The number of fused-ring (bicyclic) bond motifs is 1. The summed E-state index contributed by atoms with van der Waals surface area (Å²) in [6.45, 7) is 1.66. The highest BCUT2D eigenvalue weighted by atomic mass is 127. The molecule has 0 heterocycles. The van der Waals surface area contributed by atoms with Gasteiger partial charge in [-0.25, -0.2) is 4.99 Å². The van der Waals surface area contributed by atoms with Gasteiger partial charge in [-0.1, -0.05) is 54.6 Å². The lowest BCUT2D eigenvalue weighted by Gasteiger charge is -2.31. The Morgan fingerprint density at radius 1 is 1.09 bits per heavy atom. The maximum absolute atomic E-state index is 4.71. The van der Waals surface area contributed by atoms with E-state index in [2.05, 4.69) is 53.8 Å². The van der Waals surface area contributed by atoms with Gasteiger partial charge in [-0.2, -0.15) is 0 Å². The Kier molecular flexibility index (Phi) is 6.45. The molecular formula is C19H24IN3. The van der Waals surface area contributed by atoms with Crippen LogP contribution in [0.5, 0.6) is 0 Å². The Morgan fingerprint density at radius 2 is 1.78 bits per heavy atom. The molecule has 23 heavy (non-hydrogen) atoms. The van der Waals surface area contributed by atoms with Crippen LogP contribution >= 0.6 is 24.0 Å². The number of nitrogens with one attached hydrogen (secondary N) is 1. The van der Waals surface area contributed by atoms with Gasteiger partial charge in [-0.05, 0) is 23.1 Å². The van der Waals surface area contributed by atoms with Crippen LogP contribution in [-0.2, 0) is 13.0 Å². The Labute approximate surface area is 155 Å². The molecule has 0 spiro atoms. The van der Waals surface area contributed by atoms with Gasteiger partial charge in [0.1, 0.15) is 0 Å². The molecule has 1 aliphatic carbocycles. The predicted molar refractivity (Wildman–Crippen MR) is 108 cm³/mol. The number of nitrogens with zero attached hydrogens (tertiary/aromatic N) is 2. The van der Waals surface area contributed by atoms with Crippen molar-refractivity contribution < 1.29 is 0 Å². The van der Waals surface area contributed by atoms with Crippen LogP contribution in [-0.4, -0.2) is 31.5 Å². The molecule has 1 atom stereocenters. The number of guanidine groups is 1. The molecule has 0 aromatic heterocycles. The minimum atomic E-state index is 0. The highest BCUT2D eigenvalue weighted by Crippen LogP contribution is 2.33. The van der Waals surface area contributed by atoms with Crippen LogP contribution in [0.25, 0.3) is 0 Å². The summed E-state index contributed by atoms with van der Waals surface area (Å²) in [6, 6.07) is 19.1. The number of aliphatic imine (C=N–C) groups is 1. The third kappa shape index (κ3) is 4.47. The SMILES string of the molecule is CN(C)C(=NCc1ccccc1)NCC1Cc2ccccc21.I. The molecule has 0 bridgehead atoms. The molecular weight excluding hydrogens is 397 g/mol. The lowest BCUT2D eigenvalue weighted by atomic mass is 9.78. The first-order valence-corrected chi connectivity index (χ1v) is 7.81. The van der Waals surface area contributed by atoms with Crippen molar-refractivity contribution in [3.8, 4) is 0 Å². The first-order chi connectivity index (χ1) is 10.7. The van der Waals surface area contributed by atoms with Gasteiger partial charge in [0.2, 0.25) is 0 Å². The molecule has 2 aromatic rings. The molecule has 2 aromatic carbocycles. The van der Waals surface area contributed by atoms with Gasteiger partial charge in [-0.3, -0.25) is 0 Å². The minimum Gasteiger partial charge on any atom is -0.356 e. The van der Waals surface area contributed by atoms with Gasteiger partial charge >= 0.3 is 0 Å². The van der Waals surface area contributed by atoms with Crippen LogP contribution in [0.1, 0.15) is 22.6 Å². The van der Waals surface area contributed by atoms with Gasteiger partial charge in [0.05, 0.1) is 6.54 Å². The molecule has 122 valence electrons. The molecule has 1 unspecified atom stereocenters. The lowest BCUT2D eigenvalue weighted by molar-refractivity contribution is 0.537. The van der Waals surface area contributed by atoms with E-state index in [-0.39, 0.29) is 24.0 Å². The molecule has 0 radical (unpaired) electrons. The van der Waals surface area contributed by atoms with Crippen molar-refractivity contribution in [1.29, 1.82) is 0 Å². The van der Waals surface area contributed by atoms with E-state index in [0.29, 0.717) is 12.5 Å². The number of halogens is 1. The van der Waals surface area contributed by atoms with Gasteiger partial charge in [0.15, 0.2) is 5.96 Å². The maximum atomic E-state index is 4.71. The summed E-state index contributed by atoms with van der Waals surface area (Å²) in [7, 11) is 4.07. The second-order valence-electron chi connectivity index (χ2n) is 6.00. The van der Waals surface area contributed by atoms with E-state index < -0.39 is 0 Å². The molecule has 3 rings (SSSR count). The van der Waals surface area contributed by atoms with Crippen LogP contribution in [0.15, 0.2) is 59.6 Å². The van der Waals surface area contributed by atoms with Crippen LogP contribution in [0, 0.1) is 0 Å². The van der Waals surface area contributed by atoms with E-state index in [4.69, 9.17) is 4.99 Å². The summed E-state index contributed by atoms with van der Waals surface area (Å²) in [5.41, 5.74) is 4.20. The molecule has 0 saturated carbocycles. The average molecular weight is 421 g/mol. The molecule has 1 aliphatic rings. The smallest absolute Gasteiger partial charge is 0.193 e. The van der Waals surface area contributed by atoms with E-state index in [1.807, 2.05) is 25.1 Å². The standard InChI is InChI=1S/C19H23N3.HI/c1-22(2)19(20-13-15-8-4-3-5-9-15)21-14-17-12-16-10-6-7-11-18(16)17;/h3-11,17H,12-14H2,1-2H3,(H,20,21);1H. The van der Waals surface area contributed by atoms with Crippen molar-refractivity contribution in [3.05, 3.63) is 71.3 Å². The third-order valence-electron chi connectivity index (χ3n) is 4.15. The third-order valence-corrected chi connectivity index (χ3v) is 4.15. The summed E-state index contributed by atoms with van der Waals surface area (Å²) in [6.07, 6.45) is 1.17. The molecule has 4 heteroatoms. The Hall–Kier alpha value is -1.56. The van der Waals surface area contributed by atoms with Crippen molar-refractivity contribution in [2.45, 2.75) is 18.9 Å². The first-order valence-electron chi connectivity index (χ1n) is 7.81. The number of hydrogen-bond donors (Lipinski definition) is 1. The fraction of sp³-hybridized carbons (Fsp3) is 0.316. The van der Waals surface area contributed by atoms with Crippen LogP contribution in [0.4, 0.5) is 0 Å². The number of rotatable bonds is 4. The average Bonchev–Trinajstić information content (AvgIpc) is 2.51. The van der Waals surface area contributed by atoms with Gasteiger partial charge < -0.3 is 10.2 Å². The normalized spacial score (nSPS) is 15.9. The second-order valence-corrected chi connectivity index (χ2v) is 6.00. The predicted octanol–water partition coefficient (Wildman–Crippen LogP) is 3.65. The summed E-state index contributed by atoms with van der Waals surface area (Å²) in [4.78, 5) is 6.76. The zero-order valence-electron chi connectivity index (χ0n) is 13.7. The van der Waals surface area contributed by atoms with E-state index in [0.717, 1.165) is 12.5 Å². The van der Waals surface area contributed by atoms with E-state index in [1.54, 1.807) is 0 Å². The fourth-order valence-electron chi connectivity index (χ4n) is 2.86. The zero-order valence-corrected chi connectivity index (χ0v) is 16.0. The highest BCUT2D eigenvalue weighted by Gasteiger charge is 2.25. The summed E-state index contributed by atoms with van der Waals surface area (Å²) >= 11 is 0. The van der Waals surface area contributed by atoms with Gasteiger partial charge in [0.25, 0.3) is 0 Å². The molecule has 0 fully saturated rings. The summed E-state index contributed by atoms with van der Waals surface area (Å²) in [5.74, 6) is 1.56. The number of hydrogen-bond acceptors (Lipinski definition) is 1. The quantitative estimate of drug-likeness (QED) is 0.464. The molecule has 0 aliphatic heterocycles. The minimum absolute atomic E-state index is 0. The van der Waals surface area contributed by atoms with Crippen molar-refractivity contribution >= 4 is 29.9 Å². The Balaban J connectivity index is 0.00000192. The van der Waals surface area contributed by atoms with E-state index in [9.17, 15) is 0 Å². The van der Waals surface area contributed by atoms with Gasteiger partial charge in [-0.15, -0.1) is 24.0 Å². The highest BCUT2D eigenvalue weighted by molar-refractivity contribution is 14.0.